The van der Waals surface area contributed by atoms with Crippen LogP contribution in [0.15, 0.2) is 48.7 Å². The molecule has 120 valence electrons. The SMILES string of the molecule is O=C(COc1ccccc1F)N1CCN(c2ccccn2)CC1. The number of hydrogen-bond donors (Lipinski definition) is 0. The second-order valence-electron chi connectivity index (χ2n) is 5.27. The minimum Gasteiger partial charge on any atom is -0.481 e. The summed E-state index contributed by atoms with van der Waals surface area (Å²) >= 11 is 0. The van der Waals surface area contributed by atoms with Crippen LogP contribution in [0, 0.1) is 5.82 Å². The van der Waals surface area contributed by atoms with Crippen molar-refractivity contribution in [3.8, 4) is 5.75 Å². The molecule has 1 aromatic carbocycles. The summed E-state index contributed by atoms with van der Waals surface area (Å²) in [6.07, 6.45) is 1.76. The summed E-state index contributed by atoms with van der Waals surface area (Å²) < 4.78 is 18.7. The van der Waals surface area contributed by atoms with Crippen LogP contribution in [-0.2, 0) is 4.79 Å². The quantitative estimate of drug-likeness (QED) is 0.865. The average Bonchev–Trinajstić information content (AvgIpc) is 2.62. The van der Waals surface area contributed by atoms with Crippen molar-refractivity contribution in [2.75, 3.05) is 37.7 Å². The largest absolute Gasteiger partial charge is 0.481 e. The van der Waals surface area contributed by atoms with Gasteiger partial charge in [0, 0.05) is 32.4 Å². The van der Waals surface area contributed by atoms with Crippen molar-refractivity contribution in [3.63, 3.8) is 0 Å². The van der Waals surface area contributed by atoms with Gasteiger partial charge < -0.3 is 14.5 Å². The molecular formula is C17H18FN3O2. The molecule has 1 aliphatic heterocycles. The van der Waals surface area contributed by atoms with E-state index in [1.54, 1.807) is 23.2 Å². The van der Waals surface area contributed by atoms with Gasteiger partial charge in [0.2, 0.25) is 0 Å². The third-order valence-corrected chi connectivity index (χ3v) is 3.79. The van der Waals surface area contributed by atoms with Crippen LogP contribution in [-0.4, -0.2) is 48.6 Å². The van der Waals surface area contributed by atoms with Crippen LogP contribution in [0.5, 0.6) is 5.75 Å². The molecule has 6 heteroatoms. The van der Waals surface area contributed by atoms with Crippen LogP contribution in [0.3, 0.4) is 0 Å². The molecule has 0 spiro atoms. The molecular weight excluding hydrogens is 297 g/mol. The third kappa shape index (κ3) is 3.77. The number of pyridine rings is 1. The van der Waals surface area contributed by atoms with Crippen molar-refractivity contribution in [2.45, 2.75) is 0 Å². The molecule has 0 N–H and O–H groups in total. The molecule has 0 bridgehead atoms. The maximum absolute atomic E-state index is 13.5. The second-order valence-corrected chi connectivity index (χ2v) is 5.27. The number of piperazine rings is 1. The minimum absolute atomic E-state index is 0.105. The van der Waals surface area contributed by atoms with E-state index in [0.29, 0.717) is 13.1 Å². The first kappa shape index (κ1) is 15.3. The molecule has 0 unspecified atom stereocenters. The zero-order valence-electron chi connectivity index (χ0n) is 12.7. The number of halogens is 1. The number of carbonyl (C=O) groups excluding carboxylic acids is 1. The molecule has 0 radical (unpaired) electrons. The van der Waals surface area contributed by atoms with Crippen molar-refractivity contribution in [3.05, 3.63) is 54.5 Å². The van der Waals surface area contributed by atoms with Gasteiger partial charge in [-0.05, 0) is 24.3 Å². The lowest BCUT2D eigenvalue weighted by Crippen LogP contribution is -2.50. The zero-order chi connectivity index (χ0) is 16.1. The van der Waals surface area contributed by atoms with Crippen molar-refractivity contribution in [1.82, 2.24) is 9.88 Å². The smallest absolute Gasteiger partial charge is 0.260 e. The number of nitrogens with zero attached hydrogens (tertiary/aromatic N) is 3. The van der Waals surface area contributed by atoms with Gasteiger partial charge in [0.05, 0.1) is 0 Å². The fourth-order valence-electron chi connectivity index (χ4n) is 2.52. The van der Waals surface area contributed by atoms with Crippen LogP contribution < -0.4 is 9.64 Å². The number of rotatable bonds is 4. The summed E-state index contributed by atoms with van der Waals surface area (Å²) in [5.41, 5.74) is 0. The highest BCUT2D eigenvalue weighted by Crippen LogP contribution is 2.16. The lowest BCUT2D eigenvalue weighted by Gasteiger charge is -2.35. The highest BCUT2D eigenvalue weighted by atomic mass is 19.1. The van der Waals surface area contributed by atoms with E-state index in [0.717, 1.165) is 18.9 Å². The number of benzene rings is 1. The second kappa shape index (κ2) is 7.09. The predicted molar refractivity (Wildman–Crippen MR) is 84.9 cm³/mol. The highest BCUT2D eigenvalue weighted by molar-refractivity contribution is 5.78. The Balaban J connectivity index is 1.50. The molecule has 3 rings (SSSR count). The van der Waals surface area contributed by atoms with E-state index in [9.17, 15) is 9.18 Å². The first-order valence-electron chi connectivity index (χ1n) is 7.55. The molecule has 23 heavy (non-hydrogen) atoms. The molecule has 2 heterocycles. The van der Waals surface area contributed by atoms with Crippen LogP contribution >= 0.6 is 0 Å². The summed E-state index contributed by atoms with van der Waals surface area (Å²) in [6.45, 7) is 2.52. The van der Waals surface area contributed by atoms with Crippen LogP contribution in [0.25, 0.3) is 0 Å². The fourth-order valence-corrected chi connectivity index (χ4v) is 2.52. The number of aromatic nitrogens is 1. The first-order valence-corrected chi connectivity index (χ1v) is 7.55. The maximum atomic E-state index is 13.5. The Bertz CT molecular complexity index is 658. The van der Waals surface area contributed by atoms with E-state index in [1.807, 2.05) is 18.2 Å². The molecule has 0 saturated carbocycles. The molecule has 5 nitrogen and oxygen atoms in total. The number of para-hydroxylation sites is 1. The average molecular weight is 315 g/mol. The van der Waals surface area contributed by atoms with Crippen molar-refractivity contribution < 1.29 is 13.9 Å². The monoisotopic (exact) mass is 315 g/mol. The van der Waals surface area contributed by atoms with E-state index in [4.69, 9.17) is 4.74 Å². The molecule has 1 aromatic heterocycles. The minimum atomic E-state index is -0.458. The third-order valence-electron chi connectivity index (χ3n) is 3.79. The van der Waals surface area contributed by atoms with E-state index in [2.05, 4.69) is 9.88 Å². The number of hydrogen-bond acceptors (Lipinski definition) is 4. The number of carbonyl (C=O) groups is 1. The van der Waals surface area contributed by atoms with E-state index in [-0.39, 0.29) is 18.3 Å². The van der Waals surface area contributed by atoms with Gasteiger partial charge in [0.25, 0.3) is 5.91 Å². The predicted octanol–water partition coefficient (Wildman–Crippen LogP) is 1.95. The van der Waals surface area contributed by atoms with Crippen molar-refractivity contribution >= 4 is 11.7 Å². The Morgan fingerprint density at radius 1 is 1.09 bits per heavy atom. The Labute approximate surface area is 134 Å². The molecule has 2 aromatic rings. The van der Waals surface area contributed by atoms with Gasteiger partial charge in [-0.1, -0.05) is 18.2 Å². The van der Waals surface area contributed by atoms with Crippen molar-refractivity contribution in [2.24, 2.45) is 0 Å². The van der Waals surface area contributed by atoms with Crippen LogP contribution in [0.4, 0.5) is 10.2 Å². The Kier molecular flexibility index (Phi) is 4.71. The highest BCUT2D eigenvalue weighted by Gasteiger charge is 2.22. The van der Waals surface area contributed by atoms with E-state index < -0.39 is 5.82 Å². The first-order chi connectivity index (χ1) is 11.2. The summed E-state index contributed by atoms with van der Waals surface area (Å²) in [4.78, 5) is 20.4. The number of amides is 1. The molecule has 1 fully saturated rings. The number of anilines is 1. The lowest BCUT2D eigenvalue weighted by atomic mass is 10.3. The van der Waals surface area contributed by atoms with Gasteiger partial charge in [-0.3, -0.25) is 4.79 Å². The van der Waals surface area contributed by atoms with Gasteiger partial charge in [-0.15, -0.1) is 0 Å². The summed E-state index contributed by atoms with van der Waals surface area (Å²) in [5.74, 6) is 0.435. The molecule has 0 aliphatic carbocycles. The van der Waals surface area contributed by atoms with Crippen LogP contribution in [0.2, 0.25) is 0 Å². The van der Waals surface area contributed by atoms with Gasteiger partial charge in [-0.25, -0.2) is 9.37 Å². The fraction of sp³-hybridized carbons (Fsp3) is 0.294. The molecule has 0 atom stereocenters. The number of ether oxygens (including phenoxy) is 1. The Hall–Kier alpha value is -2.63. The Morgan fingerprint density at radius 3 is 2.52 bits per heavy atom. The summed E-state index contributed by atoms with van der Waals surface area (Å²) in [7, 11) is 0. The maximum Gasteiger partial charge on any atom is 0.260 e. The zero-order valence-corrected chi connectivity index (χ0v) is 12.7. The normalized spacial score (nSPS) is 14.7. The topological polar surface area (TPSA) is 45.7 Å². The van der Waals surface area contributed by atoms with Crippen molar-refractivity contribution in [1.29, 1.82) is 0 Å². The van der Waals surface area contributed by atoms with E-state index in [1.165, 1.54) is 12.1 Å². The van der Waals surface area contributed by atoms with Gasteiger partial charge in [0.1, 0.15) is 5.82 Å². The van der Waals surface area contributed by atoms with Crippen LogP contribution in [0.1, 0.15) is 0 Å². The van der Waals surface area contributed by atoms with Gasteiger partial charge >= 0.3 is 0 Å². The standard InChI is InChI=1S/C17H18FN3O2/c18-14-5-1-2-6-15(14)23-13-17(22)21-11-9-20(10-12-21)16-7-3-4-8-19-16/h1-8H,9-13H2. The van der Waals surface area contributed by atoms with E-state index >= 15 is 0 Å². The Morgan fingerprint density at radius 2 is 1.83 bits per heavy atom. The molecule has 1 amide bonds. The summed E-state index contributed by atoms with van der Waals surface area (Å²) in [6, 6.07) is 11.9. The van der Waals surface area contributed by atoms with Gasteiger partial charge in [0.15, 0.2) is 18.2 Å². The van der Waals surface area contributed by atoms with Gasteiger partial charge in [-0.2, -0.15) is 0 Å². The molecule has 1 aliphatic rings. The molecule has 1 saturated heterocycles. The lowest BCUT2D eigenvalue weighted by molar-refractivity contribution is -0.133. The summed E-state index contributed by atoms with van der Waals surface area (Å²) in [5, 5.41) is 0.